The minimum Gasteiger partial charge on any atom is -0.396 e. The molecule has 0 aromatic carbocycles. The third kappa shape index (κ3) is 2.02. The molecule has 1 N–H and O–H groups in total. The van der Waals surface area contributed by atoms with Crippen molar-refractivity contribution < 1.29 is 5.11 Å². The number of aliphatic hydroxyl groups is 1. The second kappa shape index (κ2) is 3.46. The summed E-state index contributed by atoms with van der Waals surface area (Å²) in [5.41, 5.74) is 1.45. The molecule has 1 nitrogen and oxygen atoms in total. The van der Waals surface area contributed by atoms with Crippen LogP contribution in [0.2, 0.25) is 0 Å². The van der Waals surface area contributed by atoms with Crippen molar-refractivity contribution in [2.75, 3.05) is 6.61 Å². The summed E-state index contributed by atoms with van der Waals surface area (Å²) in [5, 5.41) is 8.48. The van der Waals surface area contributed by atoms with Gasteiger partial charge in [-0.25, -0.2) is 0 Å². The molecule has 0 unspecified atom stereocenters. The lowest BCUT2D eigenvalue weighted by molar-refractivity contribution is 0.288. The zero-order valence-corrected chi connectivity index (χ0v) is 5.51. The largest absolute Gasteiger partial charge is 0.396 e. The maximum atomic E-state index is 8.48. The van der Waals surface area contributed by atoms with E-state index < -0.39 is 0 Å². The van der Waals surface area contributed by atoms with Crippen LogP contribution in [0, 0.1) is 0 Å². The Kier molecular flexibility index (Phi) is 2.52. The highest BCUT2D eigenvalue weighted by atomic mass is 16.2. The first-order valence-corrected chi connectivity index (χ1v) is 3.39. The van der Waals surface area contributed by atoms with Gasteiger partial charge in [0.05, 0.1) is 0 Å². The molecule has 0 spiro atoms. The summed E-state index contributed by atoms with van der Waals surface area (Å²) in [6.45, 7) is 0.317. The van der Waals surface area contributed by atoms with E-state index in [1.807, 2.05) is 0 Å². The second-order valence-electron chi connectivity index (χ2n) is 2.28. The average Bonchev–Trinajstić information content (AvgIpc) is 2.34. The van der Waals surface area contributed by atoms with Gasteiger partial charge in [-0.05, 0) is 19.3 Å². The van der Waals surface area contributed by atoms with E-state index in [9.17, 15) is 0 Å². The molecule has 0 fully saturated rings. The summed E-state index contributed by atoms with van der Waals surface area (Å²) in [6.07, 6.45) is 9.42. The first-order valence-electron chi connectivity index (χ1n) is 3.39. The second-order valence-corrected chi connectivity index (χ2v) is 2.28. The smallest absolute Gasteiger partial charge is 0.0434 e. The number of allylic oxidation sites excluding steroid dienone is 4. The van der Waals surface area contributed by atoms with E-state index in [1.165, 1.54) is 5.57 Å². The van der Waals surface area contributed by atoms with E-state index in [0.29, 0.717) is 6.61 Å². The van der Waals surface area contributed by atoms with Crippen LogP contribution in [-0.4, -0.2) is 11.7 Å². The summed E-state index contributed by atoms with van der Waals surface area (Å²) in [4.78, 5) is 0. The number of hydrogen-bond donors (Lipinski definition) is 1. The van der Waals surface area contributed by atoms with Gasteiger partial charge >= 0.3 is 0 Å². The summed E-state index contributed by atoms with van der Waals surface area (Å²) in [6, 6.07) is 0. The minimum atomic E-state index is 0.317. The van der Waals surface area contributed by atoms with Crippen LogP contribution in [0.5, 0.6) is 0 Å². The minimum absolute atomic E-state index is 0.317. The molecule has 0 aromatic heterocycles. The van der Waals surface area contributed by atoms with Gasteiger partial charge in [0.15, 0.2) is 0 Å². The Morgan fingerprint density at radius 2 is 2.44 bits per heavy atom. The molecule has 0 saturated heterocycles. The monoisotopic (exact) mass is 124 g/mol. The lowest BCUT2D eigenvalue weighted by Gasteiger charge is -1.96. The zero-order valence-electron chi connectivity index (χ0n) is 5.51. The number of hydrogen-bond acceptors (Lipinski definition) is 1. The van der Waals surface area contributed by atoms with Crippen molar-refractivity contribution in [3.05, 3.63) is 23.8 Å². The summed E-state index contributed by atoms with van der Waals surface area (Å²) in [5.74, 6) is 0. The molecule has 1 rings (SSSR count). The van der Waals surface area contributed by atoms with Gasteiger partial charge in [0.25, 0.3) is 0 Å². The molecule has 9 heavy (non-hydrogen) atoms. The molecule has 0 bridgehead atoms. The van der Waals surface area contributed by atoms with Gasteiger partial charge in [0, 0.05) is 6.61 Å². The van der Waals surface area contributed by atoms with Gasteiger partial charge in [-0.2, -0.15) is 0 Å². The Morgan fingerprint density at radius 1 is 1.56 bits per heavy atom. The molecule has 0 radical (unpaired) electrons. The van der Waals surface area contributed by atoms with Crippen molar-refractivity contribution >= 4 is 0 Å². The third-order valence-electron chi connectivity index (χ3n) is 1.50. The van der Waals surface area contributed by atoms with Gasteiger partial charge in [0.2, 0.25) is 0 Å². The van der Waals surface area contributed by atoms with Crippen molar-refractivity contribution in [2.45, 2.75) is 19.3 Å². The van der Waals surface area contributed by atoms with Crippen LogP contribution < -0.4 is 0 Å². The molecule has 1 heteroatoms. The Balaban J connectivity index is 2.14. The molecule has 1 aliphatic carbocycles. The van der Waals surface area contributed by atoms with Crippen LogP contribution in [0.25, 0.3) is 0 Å². The fourth-order valence-corrected chi connectivity index (χ4v) is 0.983. The average molecular weight is 124 g/mol. The van der Waals surface area contributed by atoms with Crippen molar-refractivity contribution in [3.63, 3.8) is 0 Å². The van der Waals surface area contributed by atoms with Crippen LogP contribution in [0.1, 0.15) is 19.3 Å². The first-order chi connectivity index (χ1) is 4.43. The van der Waals surface area contributed by atoms with Gasteiger partial charge in [0.1, 0.15) is 0 Å². The van der Waals surface area contributed by atoms with Crippen LogP contribution in [0.4, 0.5) is 0 Å². The zero-order chi connectivity index (χ0) is 6.53. The SMILES string of the molecule is OCCCC1=CC=CC1. The Hall–Kier alpha value is -0.560. The van der Waals surface area contributed by atoms with E-state index in [-0.39, 0.29) is 0 Å². The van der Waals surface area contributed by atoms with Crippen LogP contribution in [0.15, 0.2) is 23.8 Å². The molecule has 0 amide bonds. The quantitative estimate of drug-likeness (QED) is 0.606. The Labute approximate surface area is 55.7 Å². The van der Waals surface area contributed by atoms with E-state index in [1.54, 1.807) is 0 Å². The van der Waals surface area contributed by atoms with E-state index in [2.05, 4.69) is 18.2 Å². The van der Waals surface area contributed by atoms with Crippen LogP contribution in [0.3, 0.4) is 0 Å². The summed E-state index contributed by atoms with van der Waals surface area (Å²) in [7, 11) is 0. The standard InChI is InChI=1S/C8H12O/c9-7-3-6-8-4-1-2-5-8/h1-2,4,9H,3,5-7H2. The van der Waals surface area contributed by atoms with Crippen molar-refractivity contribution in [2.24, 2.45) is 0 Å². The number of aliphatic hydroxyl groups excluding tert-OH is 1. The predicted octanol–water partition coefficient (Wildman–Crippen LogP) is 1.65. The molecule has 0 heterocycles. The predicted molar refractivity (Wildman–Crippen MR) is 38.2 cm³/mol. The molecular weight excluding hydrogens is 112 g/mol. The maximum Gasteiger partial charge on any atom is 0.0434 e. The summed E-state index contributed by atoms with van der Waals surface area (Å²) >= 11 is 0. The van der Waals surface area contributed by atoms with E-state index in [0.717, 1.165) is 19.3 Å². The first kappa shape index (κ1) is 6.56. The van der Waals surface area contributed by atoms with Gasteiger partial charge in [-0.1, -0.05) is 23.8 Å². The molecule has 50 valence electrons. The molecule has 0 atom stereocenters. The van der Waals surface area contributed by atoms with Gasteiger partial charge in [-0.15, -0.1) is 0 Å². The topological polar surface area (TPSA) is 20.2 Å². The van der Waals surface area contributed by atoms with Crippen molar-refractivity contribution in [3.8, 4) is 0 Å². The van der Waals surface area contributed by atoms with E-state index in [4.69, 9.17) is 5.11 Å². The number of rotatable bonds is 3. The lowest BCUT2D eigenvalue weighted by atomic mass is 10.1. The molecule has 0 aliphatic heterocycles. The summed E-state index contributed by atoms with van der Waals surface area (Å²) < 4.78 is 0. The fraction of sp³-hybridized carbons (Fsp3) is 0.500. The van der Waals surface area contributed by atoms with Gasteiger partial charge in [-0.3, -0.25) is 0 Å². The third-order valence-corrected chi connectivity index (χ3v) is 1.50. The molecule has 0 saturated carbocycles. The van der Waals surface area contributed by atoms with E-state index >= 15 is 0 Å². The fourth-order valence-electron chi connectivity index (χ4n) is 0.983. The van der Waals surface area contributed by atoms with Gasteiger partial charge < -0.3 is 5.11 Å². The van der Waals surface area contributed by atoms with Crippen molar-refractivity contribution in [1.82, 2.24) is 0 Å². The lowest BCUT2D eigenvalue weighted by Crippen LogP contribution is -1.84. The van der Waals surface area contributed by atoms with Crippen molar-refractivity contribution in [1.29, 1.82) is 0 Å². The van der Waals surface area contributed by atoms with Crippen LogP contribution >= 0.6 is 0 Å². The maximum absolute atomic E-state index is 8.48. The van der Waals surface area contributed by atoms with Crippen LogP contribution in [-0.2, 0) is 0 Å². The molecular formula is C8H12O. The molecule has 1 aliphatic rings. The highest BCUT2D eigenvalue weighted by Crippen LogP contribution is 2.15. The molecule has 0 aromatic rings. The Bertz CT molecular complexity index is 134. The highest BCUT2D eigenvalue weighted by Gasteiger charge is 1.96. The normalized spacial score (nSPS) is 16.3. The highest BCUT2D eigenvalue weighted by molar-refractivity contribution is 5.22. The Morgan fingerprint density at radius 3 is 3.00 bits per heavy atom.